The molecule has 0 spiro atoms. The van der Waals surface area contributed by atoms with Gasteiger partial charge in [-0.2, -0.15) is 5.01 Å². The third-order valence-electron chi connectivity index (χ3n) is 3.66. The standard InChI is InChI=1S/C18H20N4O4S/c1-18(2,3)26-17(23)22(19)16-11-15-13(12-20-16)9-10-21(15)27(24,25)14-7-5-4-6-8-14/h4-12H,19H2,1-3H3. The number of fused-ring (bicyclic) bond motifs is 1. The van der Waals surface area contributed by atoms with Crippen molar-refractivity contribution in [2.24, 2.45) is 5.84 Å². The Morgan fingerprint density at radius 3 is 2.48 bits per heavy atom. The van der Waals surface area contributed by atoms with Crippen LogP contribution in [0, 0.1) is 0 Å². The Balaban J connectivity index is 2.04. The highest BCUT2D eigenvalue weighted by Gasteiger charge is 2.24. The molecule has 0 saturated heterocycles. The van der Waals surface area contributed by atoms with Crippen molar-refractivity contribution in [3.8, 4) is 0 Å². The summed E-state index contributed by atoms with van der Waals surface area (Å²) < 4.78 is 32.2. The quantitative estimate of drug-likeness (QED) is 0.420. The number of carbonyl (C=O) groups excluding carboxylic acids is 1. The van der Waals surface area contributed by atoms with E-state index in [0.717, 1.165) is 8.98 Å². The zero-order chi connectivity index (χ0) is 19.8. The molecule has 3 rings (SSSR count). The molecular weight excluding hydrogens is 368 g/mol. The number of nitrogens with two attached hydrogens (primary N) is 1. The molecule has 1 aromatic carbocycles. The zero-order valence-electron chi connectivity index (χ0n) is 15.2. The van der Waals surface area contributed by atoms with E-state index in [1.807, 2.05) is 0 Å². The van der Waals surface area contributed by atoms with E-state index >= 15 is 0 Å². The van der Waals surface area contributed by atoms with Crippen molar-refractivity contribution in [3.05, 3.63) is 54.9 Å². The fourth-order valence-corrected chi connectivity index (χ4v) is 3.81. The molecule has 3 aromatic rings. The molecule has 0 bridgehead atoms. The zero-order valence-corrected chi connectivity index (χ0v) is 16.0. The average Bonchev–Trinajstić information content (AvgIpc) is 3.04. The molecule has 2 heterocycles. The van der Waals surface area contributed by atoms with Gasteiger partial charge in [0.2, 0.25) is 0 Å². The molecule has 2 aromatic heterocycles. The molecule has 2 N–H and O–H groups in total. The van der Waals surface area contributed by atoms with E-state index in [1.54, 1.807) is 45.0 Å². The van der Waals surface area contributed by atoms with Crippen molar-refractivity contribution < 1.29 is 17.9 Å². The van der Waals surface area contributed by atoms with Gasteiger partial charge in [0.15, 0.2) is 5.82 Å². The lowest BCUT2D eigenvalue weighted by molar-refractivity contribution is 0.0579. The van der Waals surface area contributed by atoms with Crippen LogP contribution in [0.2, 0.25) is 0 Å². The first-order chi connectivity index (χ1) is 12.6. The maximum atomic E-state index is 12.9. The van der Waals surface area contributed by atoms with E-state index in [-0.39, 0.29) is 10.7 Å². The molecule has 142 valence electrons. The van der Waals surface area contributed by atoms with Crippen LogP contribution in [0.3, 0.4) is 0 Å². The second-order valence-corrected chi connectivity index (χ2v) is 8.70. The van der Waals surface area contributed by atoms with E-state index < -0.39 is 21.7 Å². The van der Waals surface area contributed by atoms with Gasteiger partial charge in [0, 0.05) is 23.8 Å². The number of carbonyl (C=O) groups is 1. The van der Waals surface area contributed by atoms with E-state index in [2.05, 4.69) is 4.98 Å². The van der Waals surface area contributed by atoms with E-state index in [1.165, 1.54) is 30.6 Å². The minimum Gasteiger partial charge on any atom is -0.442 e. The highest BCUT2D eigenvalue weighted by molar-refractivity contribution is 7.90. The van der Waals surface area contributed by atoms with Gasteiger partial charge in [-0.25, -0.2) is 28.0 Å². The van der Waals surface area contributed by atoms with E-state index in [4.69, 9.17) is 10.6 Å². The van der Waals surface area contributed by atoms with Gasteiger partial charge < -0.3 is 4.74 Å². The maximum absolute atomic E-state index is 12.9. The molecule has 0 aliphatic heterocycles. The molecule has 8 nitrogen and oxygen atoms in total. The Morgan fingerprint density at radius 2 is 1.85 bits per heavy atom. The van der Waals surface area contributed by atoms with Crippen LogP contribution >= 0.6 is 0 Å². The van der Waals surface area contributed by atoms with Crippen molar-refractivity contribution in [1.82, 2.24) is 8.96 Å². The van der Waals surface area contributed by atoms with E-state index in [9.17, 15) is 13.2 Å². The summed E-state index contributed by atoms with van der Waals surface area (Å²) in [6.45, 7) is 5.15. The predicted molar refractivity (Wildman–Crippen MR) is 102 cm³/mol. The third-order valence-corrected chi connectivity index (χ3v) is 5.37. The summed E-state index contributed by atoms with van der Waals surface area (Å²) in [6.07, 6.45) is 2.09. The van der Waals surface area contributed by atoms with Gasteiger partial charge in [0.05, 0.1) is 10.4 Å². The first-order valence-electron chi connectivity index (χ1n) is 8.15. The number of amides is 1. The van der Waals surface area contributed by atoms with Crippen LogP contribution in [-0.4, -0.2) is 29.1 Å². The lowest BCUT2D eigenvalue weighted by atomic mass is 10.2. The number of pyridine rings is 1. The summed E-state index contributed by atoms with van der Waals surface area (Å²) in [6, 6.07) is 11.1. The smallest absolute Gasteiger partial charge is 0.430 e. The number of anilines is 1. The number of hydrogen-bond acceptors (Lipinski definition) is 6. The fraction of sp³-hybridized carbons (Fsp3) is 0.222. The highest BCUT2D eigenvalue weighted by atomic mass is 32.2. The van der Waals surface area contributed by atoms with Crippen LogP contribution in [0.25, 0.3) is 10.9 Å². The van der Waals surface area contributed by atoms with Gasteiger partial charge >= 0.3 is 6.09 Å². The molecule has 0 fully saturated rings. The molecule has 0 unspecified atom stereocenters. The molecule has 0 atom stereocenters. The second-order valence-electron chi connectivity index (χ2n) is 6.88. The van der Waals surface area contributed by atoms with Crippen molar-refractivity contribution in [3.63, 3.8) is 0 Å². The number of nitrogens with zero attached hydrogens (tertiary/aromatic N) is 3. The highest BCUT2D eigenvalue weighted by Crippen LogP contribution is 2.24. The minimum atomic E-state index is -3.80. The fourth-order valence-electron chi connectivity index (χ4n) is 2.44. The summed E-state index contributed by atoms with van der Waals surface area (Å²) in [5.74, 6) is 5.88. The molecule has 0 saturated carbocycles. The Bertz CT molecular complexity index is 1090. The number of ether oxygens (including phenoxy) is 1. The van der Waals surface area contributed by atoms with Crippen LogP contribution < -0.4 is 10.9 Å². The van der Waals surface area contributed by atoms with Crippen LogP contribution in [0.4, 0.5) is 10.6 Å². The van der Waals surface area contributed by atoms with Gasteiger partial charge in [-0.05, 0) is 39.0 Å². The molecular formula is C18H20N4O4S. The van der Waals surface area contributed by atoms with E-state index in [0.29, 0.717) is 10.9 Å². The van der Waals surface area contributed by atoms with Crippen molar-refractivity contribution in [1.29, 1.82) is 0 Å². The van der Waals surface area contributed by atoms with Gasteiger partial charge in [0.1, 0.15) is 5.60 Å². The SMILES string of the molecule is CC(C)(C)OC(=O)N(N)c1cc2c(ccn2S(=O)(=O)c2ccccc2)cn1. The summed E-state index contributed by atoms with van der Waals surface area (Å²) in [5, 5.41) is 1.34. The monoisotopic (exact) mass is 388 g/mol. The van der Waals surface area contributed by atoms with Crippen molar-refractivity contribution in [2.75, 3.05) is 5.01 Å². The van der Waals surface area contributed by atoms with Gasteiger partial charge in [-0.1, -0.05) is 18.2 Å². The lowest BCUT2D eigenvalue weighted by Gasteiger charge is -2.23. The third kappa shape index (κ3) is 3.79. The maximum Gasteiger partial charge on any atom is 0.430 e. The predicted octanol–water partition coefficient (Wildman–Crippen LogP) is 2.89. The Labute approximate surface area is 157 Å². The molecule has 27 heavy (non-hydrogen) atoms. The molecule has 1 amide bonds. The van der Waals surface area contributed by atoms with Crippen LogP contribution in [0.5, 0.6) is 0 Å². The largest absolute Gasteiger partial charge is 0.442 e. The second kappa shape index (κ2) is 6.67. The Hall–Kier alpha value is -2.91. The summed E-state index contributed by atoms with van der Waals surface area (Å²) in [5.41, 5.74) is -0.377. The lowest BCUT2D eigenvalue weighted by Crippen LogP contribution is -2.42. The number of benzene rings is 1. The van der Waals surface area contributed by atoms with Crippen LogP contribution in [0.15, 0.2) is 59.8 Å². The van der Waals surface area contributed by atoms with Gasteiger partial charge in [-0.15, -0.1) is 0 Å². The number of rotatable bonds is 3. The summed E-state index contributed by atoms with van der Waals surface area (Å²) >= 11 is 0. The molecule has 0 aliphatic carbocycles. The van der Waals surface area contributed by atoms with Crippen molar-refractivity contribution in [2.45, 2.75) is 31.3 Å². The van der Waals surface area contributed by atoms with Gasteiger partial charge in [-0.3, -0.25) is 0 Å². The first kappa shape index (κ1) is 18.9. The summed E-state index contributed by atoms with van der Waals surface area (Å²) in [4.78, 5) is 16.4. The topological polar surface area (TPSA) is 108 Å². The molecule has 9 heteroatoms. The van der Waals surface area contributed by atoms with Crippen molar-refractivity contribution >= 4 is 32.8 Å². The minimum absolute atomic E-state index is 0.0694. The number of aromatic nitrogens is 2. The number of hydrazine groups is 1. The van der Waals surface area contributed by atoms with Crippen LogP contribution in [0.1, 0.15) is 20.8 Å². The molecule has 0 aliphatic rings. The normalized spacial score (nSPS) is 12.1. The number of hydrogen-bond donors (Lipinski definition) is 1. The first-order valence-corrected chi connectivity index (χ1v) is 9.59. The summed E-state index contributed by atoms with van der Waals surface area (Å²) in [7, 11) is -3.80. The Morgan fingerprint density at radius 1 is 1.19 bits per heavy atom. The van der Waals surface area contributed by atoms with Gasteiger partial charge in [0.25, 0.3) is 10.0 Å². The van der Waals surface area contributed by atoms with Crippen LogP contribution in [-0.2, 0) is 14.8 Å². The average molecular weight is 388 g/mol. The molecule has 0 radical (unpaired) electrons. The Kier molecular flexibility index (Phi) is 4.66.